The first-order valence-corrected chi connectivity index (χ1v) is 5.88. The molecule has 0 aliphatic carbocycles. The largest absolute Gasteiger partial charge is 0.737 e. The van der Waals surface area contributed by atoms with E-state index in [9.17, 15) is 4.79 Å². The van der Waals surface area contributed by atoms with Crippen LogP contribution in [0, 0.1) is 0 Å². The van der Waals surface area contributed by atoms with Gasteiger partial charge in [0.15, 0.2) is 0 Å². The quantitative estimate of drug-likeness (QED) is 0.621. The van der Waals surface area contributed by atoms with Gasteiger partial charge < -0.3 is 17.4 Å². The molecule has 0 saturated carbocycles. The highest BCUT2D eigenvalue weighted by Crippen LogP contribution is 2.32. The predicted octanol–water partition coefficient (Wildman–Crippen LogP) is 3.74. The van der Waals surface area contributed by atoms with Crippen molar-refractivity contribution in [1.29, 1.82) is 0 Å². The van der Waals surface area contributed by atoms with Gasteiger partial charge in [0.2, 0.25) is 0 Å². The Morgan fingerprint density at radius 3 is 2.47 bits per heavy atom. The van der Waals surface area contributed by atoms with Gasteiger partial charge in [-0.05, 0) is 17.7 Å². The SMILES string of the molecule is O=C([S-])c1c(-c2ccccc2Cl)ccnc1Cl. The van der Waals surface area contributed by atoms with Crippen molar-refractivity contribution in [3.05, 3.63) is 52.3 Å². The van der Waals surface area contributed by atoms with Crippen molar-refractivity contribution in [3.63, 3.8) is 0 Å². The summed E-state index contributed by atoms with van der Waals surface area (Å²) in [6.45, 7) is 0. The summed E-state index contributed by atoms with van der Waals surface area (Å²) in [5.74, 6) is 0. The molecule has 2 rings (SSSR count). The van der Waals surface area contributed by atoms with Crippen LogP contribution < -0.4 is 0 Å². The first-order valence-electron chi connectivity index (χ1n) is 4.72. The molecule has 2 nitrogen and oxygen atoms in total. The number of hydrogen-bond acceptors (Lipinski definition) is 3. The Hall–Kier alpha value is -1.16. The fourth-order valence-corrected chi connectivity index (χ4v) is 2.28. The lowest BCUT2D eigenvalue weighted by molar-refractivity contribution is 0.109. The molecular formula is C12H6Cl2NOS-. The molecule has 86 valence electrons. The van der Waals surface area contributed by atoms with Crippen LogP contribution in [-0.4, -0.2) is 10.1 Å². The molecule has 17 heavy (non-hydrogen) atoms. The molecule has 0 atom stereocenters. The van der Waals surface area contributed by atoms with Gasteiger partial charge in [-0.3, -0.25) is 0 Å². The second-order valence-electron chi connectivity index (χ2n) is 3.29. The highest BCUT2D eigenvalue weighted by molar-refractivity contribution is 7.77. The molecule has 0 N–H and O–H groups in total. The molecule has 0 spiro atoms. The van der Waals surface area contributed by atoms with E-state index in [0.29, 0.717) is 16.1 Å². The number of carbonyl (C=O) groups excluding carboxylic acids is 1. The van der Waals surface area contributed by atoms with Crippen molar-refractivity contribution in [2.45, 2.75) is 0 Å². The molecule has 1 aromatic carbocycles. The predicted molar refractivity (Wildman–Crippen MR) is 71.4 cm³/mol. The Morgan fingerprint density at radius 2 is 1.82 bits per heavy atom. The molecule has 0 unspecified atom stereocenters. The van der Waals surface area contributed by atoms with Crippen molar-refractivity contribution in [2.75, 3.05) is 0 Å². The third-order valence-corrected chi connectivity index (χ3v) is 3.09. The lowest BCUT2D eigenvalue weighted by Crippen LogP contribution is -2.00. The van der Waals surface area contributed by atoms with Gasteiger partial charge in [0.1, 0.15) is 5.15 Å². The Balaban J connectivity index is 2.72. The second kappa shape index (κ2) is 5.00. The highest BCUT2D eigenvalue weighted by Gasteiger charge is 2.12. The van der Waals surface area contributed by atoms with Crippen LogP contribution in [0.5, 0.6) is 0 Å². The van der Waals surface area contributed by atoms with E-state index in [-0.39, 0.29) is 10.7 Å². The van der Waals surface area contributed by atoms with Crippen LogP contribution >= 0.6 is 23.2 Å². The minimum atomic E-state index is -0.544. The first-order chi connectivity index (χ1) is 8.11. The zero-order valence-corrected chi connectivity index (χ0v) is 10.8. The van der Waals surface area contributed by atoms with Crippen LogP contribution in [-0.2, 0) is 12.6 Å². The molecule has 1 heterocycles. The fourth-order valence-electron chi connectivity index (χ4n) is 1.53. The molecule has 5 heteroatoms. The number of hydrogen-bond donors (Lipinski definition) is 0. The topological polar surface area (TPSA) is 30.0 Å². The van der Waals surface area contributed by atoms with Gasteiger partial charge >= 0.3 is 0 Å². The molecule has 0 aliphatic rings. The number of carbonyl (C=O) groups is 1. The maximum Gasteiger partial charge on any atom is 0.138 e. The Kier molecular flexibility index (Phi) is 3.62. The van der Waals surface area contributed by atoms with Gasteiger partial charge in [0.05, 0.1) is 0 Å². The number of pyridine rings is 1. The van der Waals surface area contributed by atoms with Crippen molar-refractivity contribution in [1.82, 2.24) is 4.98 Å². The average Bonchev–Trinajstić information content (AvgIpc) is 2.28. The summed E-state index contributed by atoms with van der Waals surface area (Å²) in [6.07, 6.45) is 1.52. The number of rotatable bonds is 2. The molecule has 0 radical (unpaired) electrons. The fraction of sp³-hybridized carbons (Fsp3) is 0. The van der Waals surface area contributed by atoms with Crippen LogP contribution in [0.4, 0.5) is 0 Å². The normalized spacial score (nSPS) is 10.2. The van der Waals surface area contributed by atoms with Crippen LogP contribution in [0.3, 0.4) is 0 Å². The smallest absolute Gasteiger partial charge is 0.138 e. The van der Waals surface area contributed by atoms with Gasteiger partial charge in [-0.2, -0.15) is 0 Å². The Morgan fingerprint density at radius 1 is 1.12 bits per heavy atom. The minimum absolute atomic E-state index is 0.0995. The highest BCUT2D eigenvalue weighted by atomic mass is 35.5. The van der Waals surface area contributed by atoms with E-state index in [1.165, 1.54) is 6.20 Å². The summed E-state index contributed by atoms with van der Waals surface area (Å²) in [6, 6.07) is 8.85. The van der Waals surface area contributed by atoms with Crippen molar-refractivity contribution in [2.24, 2.45) is 0 Å². The van der Waals surface area contributed by atoms with Gasteiger partial charge in [0, 0.05) is 27.5 Å². The van der Waals surface area contributed by atoms with Crippen molar-refractivity contribution >= 4 is 40.9 Å². The molecule has 1 aromatic heterocycles. The standard InChI is InChI=1S/C12H7Cl2NOS/c13-9-4-2-1-3-7(9)8-5-6-15-11(14)10(8)12(16)17/h1-6H,(H,16,17)/p-1. The maximum atomic E-state index is 11.4. The molecule has 2 aromatic rings. The second-order valence-corrected chi connectivity index (χ2v) is 4.43. The van der Waals surface area contributed by atoms with Crippen LogP contribution in [0.2, 0.25) is 10.2 Å². The third kappa shape index (κ3) is 2.41. The molecule has 0 saturated heterocycles. The van der Waals surface area contributed by atoms with Gasteiger partial charge in [-0.25, -0.2) is 4.98 Å². The Bertz CT molecular complexity index is 586. The van der Waals surface area contributed by atoms with Gasteiger partial charge in [0.25, 0.3) is 0 Å². The van der Waals surface area contributed by atoms with Gasteiger partial charge in [-0.1, -0.05) is 41.4 Å². The van der Waals surface area contributed by atoms with Crippen LogP contribution in [0.15, 0.2) is 36.5 Å². The van der Waals surface area contributed by atoms with Crippen LogP contribution in [0.1, 0.15) is 10.4 Å². The monoisotopic (exact) mass is 282 g/mol. The molecular weight excluding hydrogens is 277 g/mol. The summed E-state index contributed by atoms with van der Waals surface area (Å²) in [4.78, 5) is 15.3. The zero-order valence-electron chi connectivity index (χ0n) is 8.48. The summed E-state index contributed by atoms with van der Waals surface area (Å²) in [5.41, 5.74) is 1.54. The Labute approximate surface area is 114 Å². The lowest BCUT2D eigenvalue weighted by atomic mass is 10.0. The molecule has 0 amide bonds. The summed E-state index contributed by atoms with van der Waals surface area (Å²) in [5, 5.41) is 0.0905. The number of nitrogens with zero attached hydrogens (tertiary/aromatic N) is 1. The van der Waals surface area contributed by atoms with E-state index in [0.717, 1.165) is 0 Å². The maximum absolute atomic E-state index is 11.4. The van der Waals surface area contributed by atoms with E-state index >= 15 is 0 Å². The van der Waals surface area contributed by atoms with E-state index in [1.807, 2.05) is 12.1 Å². The molecule has 0 aliphatic heterocycles. The number of benzene rings is 1. The summed E-state index contributed by atoms with van der Waals surface area (Å²) >= 11 is 16.6. The van der Waals surface area contributed by atoms with Crippen molar-refractivity contribution in [3.8, 4) is 11.1 Å². The molecule has 0 bridgehead atoms. The average molecular weight is 283 g/mol. The summed E-state index contributed by atoms with van der Waals surface area (Å²) < 4.78 is 0. The third-order valence-electron chi connectivity index (χ3n) is 2.27. The van der Waals surface area contributed by atoms with E-state index < -0.39 is 5.12 Å². The van der Waals surface area contributed by atoms with E-state index in [4.69, 9.17) is 23.2 Å². The zero-order chi connectivity index (χ0) is 12.4. The van der Waals surface area contributed by atoms with Crippen LogP contribution in [0.25, 0.3) is 11.1 Å². The minimum Gasteiger partial charge on any atom is -0.737 e. The number of aromatic nitrogens is 1. The number of halogens is 2. The lowest BCUT2D eigenvalue weighted by Gasteiger charge is -2.13. The van der Waals surface area contributed by atoms with E-state index in [1.54, 1.807) is 18.2 Å². The van der Waals surface area contributed by atoms with E-state index in [2.05, 4.69) is 17.6 Å². The van der Waals surface area contributed by atoms with Crippen molar-refractivity contribution < 1.29 is 4.79 Å². The first kappa shape index (κ1) is 12.3. The molecule has 0 fully saturated rings. The van der Waals surface area contributed by atoms with Gasteiger partial charge in [-0.15, -0.1) is 0 Å². The summed E-state index contributed by atoms with van der Waals surface area (Å²) in [7, 11) is 0.